The van der Waals surface area contributed by atoms with Crippen molar-refractivity contribution in [3.63, 3.8) is 0 Å². The van der Waals surface area contributed by atoms with Crippen LogP contribution in [0.4, 0.5) is 0 Å². The van der Waals surface area contributed by atoms with Gasteiger partial charge in [-0.15, -0.1) is 0 Å². The Morgan fingerprint density at radius 2 is 1.71 bits per heavy atom. The molecule has 1 unspecified atom stereocenters. The van der Waals surface area contributed by atoms with E-state index in [1.807, 2.05) is 0 Å². The summed E-state index contributed by atoms with van der Waals surface area (Å²) in [6.07, 6.45) is 5.43. The van der Waals surface area contributed by atoms with Crippen molar-refractivity contribution < 1.29 is 0 Å². The third kappa shape index (κ3) is 4.97. The molecule has 0 aliphatic heterocycles. The summed E-state index contributed by atoms with van der Waals surface area (Å²) in [5, 5.41) is 3.53. The van der Waals surface area contributed by atoms with E-state index in [-0.39, 0.29) is 0 Å². The van der Waals surface area contributed by atoms with Crippen LogP contribution in [0.1, 0.15) is 53.4 Å². The van der Waals surface area contributed by atoms with Crippen molar-refractivity contribution >= 4 is 0 Å². The van der Waals surface area contributed by atoms with Gasteiger partial charge in [0.2, 0.25) is 0 Å². The molecule has 0 aromatic carbocycles. The standard InChI is InChI=1S/C15H32N2/c1-6-14(7-2)17(10-12(3)4)11-15(16-5)13-8-9-13/h12-16H,6-11H2,1-5H3. The molecule has 1 aliphatic carbocycles. The summed E-state index contributed by atoms with van der Waals surface area (Å²) in [6.45, 7) is 11.8. The molecule has 17 heavy (non-hydrogen) atoms. The molecule has 0 spiro atoms. The van der Waals surface area contributed by atoms with Crippen LogP contribution in [-0.4, -0.2) is 37.1 Å². The molecule has 0 aromatic heterocycles. The van der Waals surface area contributed by atoms with Crippen LogP contribution in [0.5, 0.6) is 0 Å². The normalized spacial score (nSPS) is 18.4. The van der Waals surface area contributed by atoms with Crippen molar-refractivity contribution in [3.05, 3.63) is 0 Å². The molecular weight excluding hydrogens is 208 g/mol. The van der Waals surface area contributed by atoms with Crippen molar-refractivity contribution in [1.82, 2.24) is 10.2 Å². The average molecular weight is 240 g/mol. The third-order valence-corrected chi connectivity index (χ3v) is 4.05. The molecule has 1 N–H and O–H groups in total. The largest absolute Gasteiger partial charge is 0.315 e. The van der Waals surface area contributed by atoms with Crippen molar-refractivity contribution in [2.24, 2.45) is 11.8 Å². The SMILES string of the molecule is CCC(CC)N(CC(C)C)CC(NC)C1CC1. The monoisotopic (exact) mass is 240 g/mol. The van der Waals surface area contributed by atoms with E-state index in [9.17, 15) is 0 Å². The van der Waals surface area contributed by atoms with Gasteiger partial charge in [-0.05, 0) is 44.6 Å². The highest BCUT2D eigenvalue weighted by molar-refractivity contribution is 4.89. The van der Waals surface area contributed by atoms with Gasteiger partial charge in [0.15, 0.2) is 0 Å². The number of hydrogen-bond acceptors (Lipinski definition) is 2. The van der Waals surface area contributed by atoms with E-state index in [1.165, 1.54) is 38.8 Å². The highest BCUT2D eigenvalue weighted by Gasteiger charge is 2.32. The summed E-state index contributed by atoms with van der Waals surface area (Å²) in [5.41, 5.74) is 0. The van der Waals surface area contributed by atoms with Crippen LogP contribution in [0.25, 0.3) is 0 Å². The lowest BCUT2D eigenvalue weighted by atomic mass is 10.0. The van der Waals surface area contributed by atoms with E-state index < -0.39 is 0 Å². The summed E-state index contributed by atoms with van der Waals surface area (Å²) in [7, 11) is 2.13. The molecule has 0 radical (unpaired) electrons. The zero-order valence-corrected chi connectivity index (χ0v) is 12.5. The van der Waals surface area contributed by atoms with E-state index in [0.717, 1.165) is 17.9 Å². The second-order valence-electron chi connectivity index (χ2n) is 6.05. The van der Waals surface area contributed by atoms with Gasteiger partial charge in [-0.2, -0.15) is 0 Å². The maximum Gasteiger partial charge on any atom is 0.0220 e. The second-order valence-corrected chi connectivity index (χ2v) is 6.05. The topological polar surface area (TPSA) is 15.3 Å². The van der Waals surface area contributed by atoms with Crippen molar-refractivity contribution in [2.45, 2.75) is 65.5 Å². The molecule has 1 atom stereocenters. The van der Waals surface area contributed by atoms with Crippen LogP contribution in [0.3, 0.4) is 0 Å². The minimum Gasteiger partial charge on any atom is -0.315 e. The lowest BCUT2D eigenvalue weighted by Crippen LogP contribution is -2.46. The Kier molecular flexibility index (Phi) is 6.50. The first-order chi connectivity index (χ1) is 8.12. The van der Waals surface area contributed by atoms with Crippen LogP contribution < -0.4 is 5.32 Å². The number of nitrogens with zero attached hydrogens (tertiary/aromatic N) is 1. The van der Waals surface area contributed by atoms with E-state index in [1.54, 1.807) is 0 Å². The lowest BCUT2D eigenvalue weighted by molar-refractivity contribution is 0.145. The summed E-state index contributed by atoms with van der Waals surface area (Å²) < 4.78 is 0. The Morgan fingerprint density at radius 3 is 2.06 bits per heavy atom. The van der Waals surface area contributed by atoms with Gasteiger partial charge in [-0.1, -0.05) is 27.7 Å². The molecule has 1 fully saturated rings. The van der Waals surface area contributed by atoms with Crippen LogP contribution >= 0.6 is 0 Å². The van der Waals surface area contributed by atoms with Crippen LogP contribution in [0.2, 0.25) is 0 Å². The van der Waals surface area contributed by atoms with Crippen LogP contribution in [0, 0.1) is 11.8 Å². The molecule has 0 aromatic rings. The second kappa shape index (κ2) is 7.38. The number of hydrogen-bond donors (Lipinski definition) is 1. The Bertz CT molecular complexity index is 195. The summed E-state index contributed by atoms with van der Waals surface area (Å²) in [4.78, 5) is 2.73. The van der Waals surface area contributed by atoms with E-state index in [0.29, 0.717) is 6.04 Å². The molecule has 1 saturated carbocycles. The van der Waals surface area contributed by atoms with E-state index in [2.05, 4.69) is 45.0 Å². The van der Waals surface area contributed by atoms with E-state index >= 15 is 0 Å². The van der Waals surface area contributed by atoms with Gasteiger partial charge in [0.05, 0.1) is 0 Å². The fraction of sp³-hybridized carbons (Fsp3) is 1.00. The van der Waals surface area contributed by atoms with Gasteiger partial charge in [0.1, 0.15) is 0 Å². The lowest BCUT2D eigenvalue weighted by Gasteiger charge is -2.35. The molecule has 0 bridgehead atoms. The Morgan fingerprint density at radius 1 is 1.12 bits per heavy atom. The summed E-state index contributed by atoms with van der Waals surface area (Å²) in [6, 6.07) is 1.49. The molecular formula is C15H32N2. The van der Waals surface area contributed by atoms with Crippen molar-refractivity contribution in [2.75, 3.05) is 20.1 Å². The Labute approximate surface area is 108 Å². The van der Waals surface area contributed by atoms with E-state index in [4.69, 9.17) is 0 Å². The Hall–Kier alpha value is -0.0800. The quantitative estimate of drug-likeness (QED) is 0.666. The molecule has 102 valence electrons. The van der Waals surface area contributed by atoms with Gasteiger partial charge >= 0.3 is 0 Å². The van der Waals surface area contributed by atoms with Gasteiger partial charge < -0.3 is 5.32 Å². The van der Waals surface area contributed by atoms with Crippen LogP contribution in [-0.2, 0) is 0 Å². The number of likely N-dealkylation sites (N-methyl/N-ethyl adjacent to an activating group) is 1. The molecule has 1 rings (SSSR count). The molecule has 2 heteroatoms. The molecule has 0 amide bonds. The maximum atomic E-state index is 3.53. The highest BCUT2D eigenvalue weighted by atomic mass is 15.2. The molecule has 1 aliphatic rings. The third-order valence-electron chi connectivity index (χ3n) is 4.05. The highest BCUT2D eigenvalue weighted by Crippen LogP contribution is 2.33. The zero-order chi connectivity index (χ0) is 12.8. The smallest absolute Gasteiger partial charge is 0.0220 e. The first-order valence-corrected chi connectivity index (χ1v) is 7.53. The molecule has 0 saturated heterocycles. The maximum absolute atomic E-state index is 3.53. The predicted molar refractivity (Wildman–Crippen MR) is 76.4 cm³/mol. The summed E-state index contributed by atoms with van der Waals surface area (Å²) in [5.74, 6) is 1.72. The van der Waals surface area contributed by atoms with Gasteiger partial charge in [-0.3, -0.25) is 4.90 Å². The van der Waals surface area contributed by atoms with Crippen LogP contribution in [0.15, 0.2) is 0 Å². The minimum absolute atomic E-state index is 0.717. The average Bonchev–Trinajstić information content (AvgIpc) is 3.10. The first kappa shape index (κ1) is 15.0. The number of rotatable bonds is 9. The Balaban J connectivity index is 2.53. The minimum atomic E-state index is 0.717. The molecule has 0 heterocycles. The summed E-state index contributed by atoms with van der Waals surface area (Å²) >= 11 is 0. The molecule has 2 nitrogen and oxygen atoms in total. The zero-order valence-electron chi connectivity index (χ0n) is 12.5. The fourth-order valence-electron chi connectivity index (χ4n) is 2.87. The fourth-order valence-corrected chi connectivity index (χ4v) is 2.87. The predicted octanol–water partition coefficient (Wildman–Crippen LogP) is 3.13. The number of nitrogens with one attached hydrogen (secondary N) is 1. The van der Waals surface area contributed by atoms with Gasteiger partial charge in [0, 0.05) is 25.2 Å². The van der Waals surface area contributed by atoms with Gasteiger partial charge in [0.25, 0.3) is 0 Å². The van der Waals surface area contributed by atoms with Gasteiger partial charge in [-0.25, -0.2) is 0 Å². The first-order valence-electron chi connectivity index (χ1n) is 7.53. The van der Waals surface area contributed by atoms with Crippen molar-refractivity contribution in [1.29, 1.82) is 0 Å². The van der Waals surface area contributed by atoms with Crippen molar-refractivity contribution in [3.8, 4) is 0 Å².